The molecule has 0 spiro atoms. The van der Waals surface area contributed by atoms with Gasteiger partial charge in [0, 0.05) is 0 Å². The normalized spacial score (nSPS) is 11.6. The number of benzene rings is 2. The van der Waals surface area contributed by atoms with E-state index in [9.17, 15) is 0 Å². The molecule has 0 radical (unpaired) electrons. The molecule has 0 aliphatic rings. The zero-order valence-electron chi connectivity index (χ0n) is 13.2. The van der Waals surface area contributed by atoms with E-state index in [0.29, 0.717) is 5.11 Å². The standard InChI is InChI=1S/C18H22N2OS/c1-4-15(14-11-9-13(2)10-12-14)19-18(22)20-16-7-5-6-8-17(16)21-3/h5-12,15H,4H2,1-3H3,(H2,19,20,22). The molecule has 3 nitrogen and oxygen atoms in total. The van der Waals surface area contributed by atoms with Crippen LogP contribution in [0.5, 0.6) is 5.75 Å². The minimum absolute atomic E-state index is 0.190. The Morgan fingerprint density at radius 1 is 1.14 bits per heavy atom. The van der Waals surface area contributed by atoms with Crippen molar-refractivity contribution in [3.63, 3.8) is 0 Å². The van der Waals surface area contributed by atoms with Crippen molar-refractivity contribution in [2.24, 2.45) is 0 Å². The van der Waals surface area contributed by atoms with Gasteiger partial charge in [0.15, 0.2) is 5.11 Å². The van der Waals surface area contributed by atoms with Crippen molar-refractivity contribution in [3.05, 3.63) is 59.7 Å². The molecule has 0 saturated carbocycles. The maximum Gasteiger partial charge on any atom is 0.171 e. The quantitative estimate of drug-likeness (QED) is 0.799. The van der Waals surface area contributed by atoms with E-state index in [0.717, 1.165) is 17.9 Å². The summed E-state index contributed by atoms with van der Waals surface area (Å²) in [6.45, 7) is 4.23. The highest BCUT2D eigenvalue weighted by Crippen LogP contribution is 2.23. The van der Waals surface area contributed by atoms with Crippen LogP contribution in [-0.2, 0) is 0 Å². The number of hydrogen-bond donors (Lipinski definition) is 2. The second-order valence-corrected chi connectivity index (χ2v) is 5.58. The lowest BCUT2D eigenvalue weighted by Gasteiger charge is -2.21. The molecular weight excluding hydrogens is 292 g/mol. The van der Waals surface area contributed by atoms with Crippen LogP contribution in [0.3, 0.4) is 0 Å². The highest BCUT2D eigenvalue weighted by atomic mass is 32.1. The molecule has 1 unspecified atom stereocenters. The van der Waals surface area contributed by atoms with E-state index in [1.807, 2.05) is 24.3 Å². The number of anilines is 1. The van der Waals surface area contributed by atoms with Gasteiger partial charge < -0.3 is 15.4 Å². The first-order valence-electron chi connectivity index (χ1n) is 7.41. The molecule has 0 fully saturated rings. The van der Waals surface area contributed by atoms with E-state index in [1.54, 1.807) is 7.11 Å². The number of para-hydroxylation sites is 2. The van der Waals surface area contributed by atoms with Gasteiger partial charge in [-0.15, -0.1) is 0 Å². The molecule has 22 heavy (non-hydrogen) atoms. The van der Waals surface area contributed by atoms with Gasteiger partial charge in [-0.3, -0.25) is 0 Å². The Kier molecular flexibility index (Phi) is 5.78. The van der Waals surface area contributed by atoms with E-state index in [-0.39, 0.29) is 6.04 Å². The van der Waals surface area contributed by atoms with Crippen molar-refractivity contribution in [1.29, 1.82) is 0 Å². The SMILES string of the molecule is CCC(NC(=S)Nc1ccccc1OC)c1ccc(C)cc1. The molecular formula is C18H22N2OS. The molecule has 2 aromatic carbocycles. The summed E-state index contributed by atoms with van der Waals surface area (Å²) in [7, 11) is 1.65. The third kappa shape index (κ3) is 4.21. The number of rotatable bonds is 5. The Balaban J connectivity index is 2.05. The van der Waals surface area contributed by atoms with E-state index in [4.69, 9.17) is 17.0 Å². The first-order chi connectivity index (χ1) is 10.6. The monoisotopic (exact) mass is 314 g/mol. The maximum atomic E-state index is 5.43. The van der Waals surface area contributed by atoms with Gasteiger partial charge in [-0.05, 0) is 43.3 Å². The summed E-state index contributed by atoms with van der Waals surface area (Å²) in [5, 5.41) is 7.16. The van der Waals surface area contributed by atoms with Crippen molar-refractivity contribution in [2.75, 3.05) is 12.4 Å². The highest BCUT2D eigenvalue weighted by molar-refractivity contribution is 7.80. The summed E-state index contributed by atoms with van der Waals surface area (Å²) in [5.41, 5.74) is 3.35. The van der Waals surface area contributed by atoms with Crippen LogP contribution < -0.4 is 15.4 Å². The van der Waals surface area contributed by atoms with E-state index in [2.05, 4.69) is 48.7 Å². The molecule has 2 aromatic rings. The van der Waals surface area contributed by atoms with Crippen LogP contribution in [-0.4, -0.2) is 12.2 Å². The Bertz CT molecular complexity index is 625. The van der Waals surface area contributed by atoms with E-state index in [1.165, 1.54) is 11.1 Å². The Morgan fingerprint density at radius 2 is 1.82 bits per heavy atom. The van der Waals surface area contributed by atoms with Gasteiger partial charge >= 0.3 is 0 Å². The first-order valence-corrected chi connectivity index (χ1v) is 7.82. The molecule has 0 saturated heterocycles. The van der Waals surface area contributed by atoms with Crippen LogP contribution in [0.4, 0.5) is 5.69 Å². The summed E-state index contributed by atoms with van der Waals surface area (Å²) in [4.78, 5) is 0. The number of methoxy groups -OCH3 is 1. The highest BCUT2D eigenvalue weighted by Gasteiger charge is 2.11. The fraction of sp³-hybridized carbons (Fsp3) is 0.278. The van der Waals surface area contributed by atoms with Crippen LogP contribution in [0, 0.1) is 6.92 Å². The molecule has 4 heteroatoms. The van der Waals surface area contributed by atoms with Gasteiger partial charge in [0.2, 0.25) is 0 Å². The van der Waals surface area contributed by atoms with Crippen molar-refractivity contribution in [3.8, 4) is 5.75 Å². The van der Waals surface area contributed by atoms with Gasteiger partial charge in [-0.2, -0.15) is 0 Å². The fourth-order valence-corrected chi connectivity index (χ4v) is 2.54. The molecule has 0 bridgehead atoms. The number of aryl methyl sites for hydroxylation is 1. The number of nitrogens with one attached hydrogen (secondary N) is 2. The summed E-state index contributed by atoms with van der Waals surface area (Å²) in [5.74, 6) is 0.773. The molecule has 1 atom stereocenters. The van der Waals surface area contributed by atoms with Crippen LogP contribution >= 0.6 is 12.2 Å². The largest absolute Gasteiger partial charge is 0.495 e. The topological polar surface area (TPSA) is 33.3 Å². The predicted molar refractivity (Wildman–Crippen MR) is 96.6 cm³/mol. The zero-order valence-corrected chi connectivity index (χ0v) is 14.0. The molecule has 0 aromatic heterocycles. The van der Waals surface area contributed by atoms with Gasteiger partial charge in [0.25, 0.3) is 0 Å². The van der Waals surface area contributed by atoms with Gasteiger partial charge in [-0.25, -0.2) is 0 Å². The van der Waals surface area contributed by atoms with Crippen LogP contribution in [0.25, 0.3) is 0 Å². The van der Waals surface area contributed by atoms with Crippen LogP contribution in [0.2, 0.25) is 0 Å². The summed E-state index contributed by atoms with van der Waals surface area (Å²) in [6.07, 6.45) is 0.955. The maximum absolute atomic E-state index is 5.43. The Morgan fingerprint density at radius 3 is 2.45 bits per heavy atom. The second-order valence-electron chi connectivity index (χ2n) is 5.17. The zero-order chi connectivity index (χ0) is 15.9. The second kappa shape index (κ2) is 7.80. The van der Waals surface area contributed by atoms with Gasteiger partial charge in [0.1, 0.15) is 5.75 Å². The van der Waals surface area contributed by atoms with Crippen molar-refractivity contribution >= 4 is 23.0 Å². The fourth-order valence-electron chi connectivity index (χ4n) is 2.28. The molecule has 2 N–H and O–H groups in total. The molecule has 0 aliphatic heterocycles. The summed E-state index contributed by atoms with van der Waals surface area (Å²) < 4.78 is 5.33. The molecule has 2 rings (SSSR count). The summed E-state index contributed by atoms with van der Waals surface area (Å²) in [6, 6.07) is 16.4. The Hall–Kier alpha value is -2.07. The van der Waals surface area contributed by atoms with Gasteiger partial charge in [0.05, 0.1) is 18.8 Å². The first kappa shape index (κ1) is 16.3. The Labute approximate surface area is 137 Å². The van der Waals surface area contributed by atoms with Crippen LogP contribution in [0.15, 0.2) is 48.5 Å². The third-order valence-corrected chi connectivity index (χ3v) is 3.77. The number of hydrogen-bond acceptors (Lipinski definition) is 2. The third-order valence-electron chi connectivity index (χ3n) is 3.55. The number of thiocarbonyl (C=S) groups is 1. The smallest absolute Gasteiger partial charge is 0.171 e. The van der Waals surface area contributed by atoms with E-state index < -0.39 is 0 Å². The lowest BCUT2D eigenvalue weighted by atomic mass is 10.0. The van der Waals surface area contributed by atoms with Crippen molar-refractivity contribution < 1.29 is 4.74 Å². The molecule has 0 amide bonds. The molecule has 0 aliphatic carbocycles. The average Bonchev–Trinajstić information content (AvgIpc) is 2.54. The van der Waals surface area contributed by atoms with Crippen molar-refractivity contribution in [1.82, 2.24) is 5.32 Å². The number of ether oxygens (including phenoxy) is 1. The van der Waals surface area contributed by atoms with Gasteiger partial charge in [-0.1, -0.05) is 48.9 Å². The molecule has 116 valence electrons. The summed E-state index contributed by atoms with van der Waals surface area (Å²) >= 11 is 5.43. The lowest BCUT2D eigenvalue weighted by molar-refractivity contribution is 0.417. The van der Waals surface area contributed by atoms with Crippen molar-refractivity contribution in [2.45, 2.75) is 26.3 Å². The minimum atomic E-state index is 0.190. The molecule has 0 heterocycles. The van der Waals surface area contributed by atoms with E-state index >= 15 is 0 Å². The minimum Gasteiger partial charge on any atom is -0.495 e. The average molecular weight is 314 g/mol. The predicted octanol–water partition coefficient (Wildman–Crippen LogP) is 4.44. The lowest BCUT2D eigenvalue weighted by Crippen LogP contribution is -2.32. The van der Waals surface area contributed by atoms with Crippen LogP contribution in [0.1, 0.15) is 30.5 Å².